The average molecular weight is 739 g/mol. The Morgan fingerprint density at radius 3 is 2.21 bits per heavy atom. The van der Waals surface area contributed by atoms with E-state index in [1.807, 2.05) is 0 Å². The molecule has 4 aliphatic rings. The second kappa shape index (κ2) is 13.5. The first-order valence-corrected chi connectivity index (χ1v) is 17.6. The molecule has 0 unspecified atom stereocenters. The lowest BCUT2D eigenvalue weighted by Gasteiger charge is -2.67. The number of esters is 4. The molecule has 3 aliphatic carbocycles. The molecule has 1 aliphatic heterocycles. The van der Waals surface area contributed by atoms with Gasteiger partial charge in [0.05, 0.1) is 35.7 Å². The van der Waals surface area contributed by atoms with Crippen LogP contribution in [-0.4, -0.2) is 99.4 Å². The molecule has 1 saturated heterocycles. The van der Waals surface area contributed by atoms with Crippen LogP contribution in [0.15, 0.2) is 64.3 Å². The van der Waals surface area contributed by atoms with Crippen molar-refractivity contribution in [2.45, 2.75) is 115 Å². The molecule has 286 valence electrons. The monoisotopic (exact) mass is 738 g/mol. The molecule has 0 radical (unpaired) electrons. The number of fused-ring (bicyclic) bond motifs is 5. The molecule has 0 spiro atoms. The lowest BCUT2D eigenvalue weighted by Crippen LogP contribution is -2.82. The number of hydrogen-bond acceptors (Lipinski definition) is 14. The third-order valence-corrected chi connectivity index (χ3v) is 12.2. The molecule has 11 atom stereocenters. The van der Waals surface area contributed by atoms with Crippen molar-refractivity contribution in [1.29, 1.82) is 0 Å². The van der Waals surface area contributed by atoms with E-state index in [1.165, 1.54) is 25.3 Å². The average Bonchev–Trinajstić information content (AvgIpc) is 3.64. The van der Waals surface area contributed by atoms with Crippen molar-refractivity contribution in [1.82, 2.24) is 0 Å². The van der Waals surface area contributed by atoms with Gasteiger partial charge < -0.3 is 43.4 Å². The summed E-state index contributed by atoms with van der Waals surface area (Å²) in [4.78, 5) is 68.2. The van der Waals surface area contributed by atoms with Crippen molar-refractivity contribution in [3.05, 3.63) is 71.2 Å². The van der Waals surface area contributed by atoms with E-state index < -0.39 is 107 Å². The largest absolute Gasteiger partial charge is 0.469 e. The quantitative estimate of drug-likeness (QED) is 0.202. The maximum Gasteiger partial charge on any atom is 0.338 e. The van der Waals surface area contributed by atoms with E-state index in [2.05, 4.69) is 0 Å². The van der Waals surface area contributed by atoms with Crippen molar-refractivity contribution in [3.63, 3.8) is 0 Å². The van der Waals surface area contributed by atoms with E-state index in [9.17, 15) is 34.5 Å². The highest BCUT2D eigenvalue weighted by Gasteiger charge is 2.78. The summed E-state index contributed by atoms with van der Waals surface area (Å²) < 4.78 is 35.3. The lowest BCUT2D eigenvalue weighted by atomic mass is 9.44. The number of rotatable bonds is 8. The van der Waals surface area contributed by atoms with Gasteiger partial charge in [-0.15, -0.1) is 0 Å². The standard InChI is InChI=1S/C39H46O14/c1-19-25(51-35(46)29(42)20(2)24-14-11-15-48-24)17-39(47)33(52-34(45)23-12-9-8-10-13-23)31-37(7,32(44)30(43)28(19)36(39,5)6)26(50-21(3)40)16-27-38(31,18-49-27)53-22(4)41/h8-15,20,25-27,29-31,33,42-43,47H,16-18H2,1-7H3/t20-,25-,26-,27+,29+,30+,31-,33-,37+,38-,39+/m0/s1. The van der Waals surface area contributed by atoms with E-state index in [0.717, 1.165) is 13.8 Å². The number of hydrogen-bond donors (Lipinski definition) is 3. The molecular formula is C39H46O14. The van der Waals surface area contributed by atoms with Crippen LogP contribution in [0, 0.1) is 16.7 Å². The first-order chi connectivity index (χ1) is 24.8. The van der Waals surface area contributed by atoms with E-state index in [-0.39, 0.29) is 29.7 Å². The molecule has 6 rings (SSSR count). The maximum atomic E-state index is 15.1. The number of Topliss-reactive ketones (excluding diaryl/α,β-unsaturated/α-hetero) is 1. The molecule has 2 saturated carbocycles. The zero-order valence-electron chi connectivity index (χ0n) is 30.7. The number of aliphatic hydroxyl groups excluding tert-OH is 2. The van der Waals surface area contributed by atoms with Gasteiger partial charge in [0, 0.05) is 32.1 Å². The van der Waals surface area contributed by atoms with Crippen LogP contribution < -0.4 is 0 Å². The Labute approximate surface area is 306 Å². The summed E-state index contributed by atoms with van der Waals surface area (Å²) in [5.41, 5.74) is -7.26. The minimum Gasteiger partial charge on any atom is -0.469 e. The highest BCUT2D eigenvalue weighted by Crippen LogP contribution is 2.64. The topological polar surface area (TPSA) is 205 Å². The number of benzene rings is 1. The van der Waals surface area contributed by atoms with Crippen molar-refractivity contribution >= 4 is 29.7 Å². The van der Waals surface area contributed by atoms with Gasteiger partial charge in [0.2, 0.25) is 0 Å². The number of ketones is 1. The number of ether oxygens (including phenoxy) is 5. The molecule has 1 aromatic carbocycles. The molecule has 14 heteroatoms. The Morgan fingerprint density at radius 1 is 0.962 bits per heavy atom. The summed E-state index contributed by atoms with van der Waals surface area (Å²) in [6.07, 6.45) is -8.26. The second-order valence-corrected chi connectivity index (χ2v) is 15.4. The van der Waals surface area contributed by atoms with Gasteiger partial charge in [0.1, 0.15) is 41.9 Å². The SMILES string of the molecule is CC(=O)O[C@H]1C[C@H]2OC[C@@]2(OC(C)=O)[C@H]2[C@H](OC(=O)c3ccccc3)[C@]3(O)C[C@H](OC(=O)[C@H](O)[C@@H](C)c4ccco4)C(C)=C([C@@H](O)C(=O)[C@]12C)C3(C)C. The Morgan fingerprint density at radius 2 is 1.64 bits per heavy atom. The zero-order valence-corrected chi connectivity index (χ0v) is 30.7. The molecule has 1 aromatic heterocycles. The predicted octanol–water partition coefficient (Wildman–Crippen LogP) is 2.96. The summed E-state index contributed by atoms with van der Waals surface area (Å²) >= 11 is 0. The van der Waals surface area contributed by atoms with Crippen molar-refractivity contribution in [3.8, 4) is 0 Å². The van der Waals surface area contributed by atoms with Gasteiger partial charge in [-0.05, 0) is 49.3 Å². The highest BCUT2D eigenvalue weighted by atomic mass is 16.6. The first-order valence-electron chi connectivity index (χ1n) is 17.6. The minimum atomic E-state index is -2.30. The molecule has 2 aromatic rings. The zero-order chi connectivity index (χ0) is 38.8. The molecule has 2 bridgehead atoms. The van der Waals surface area contributed by atoms with Crippen LogP contribution in [0.4, 0.5) is 0 Å². The fourth-order valence-corrected chi connectivity index (χ4v) is 9.24. The molecule has 2 heterocycles. The van der Waals surface area contributed by atoms with Crippen molar-refractivity contribution < 1.29 is 67.4 Å². The second-order valence-electron chi connectivity index (χ2n) is 15.4. The van der Waals surface area contributed by atoms with Crippen LogP contribution in [0.3, 0.4) is 0 Å². The molecule has 14 nitrogen and oxygen atoms in total. The molecule has 0 amide bonds. The maximum absolute atomic E-state index is 15.1. The molecular weight excluding hydrogens is 692 g/mol. The van der Waals surface area contributed by atoms with Gasteiger partial charge in [-0.3, -0.25) is 14.4 Å². The number of carbonyl (C=O) groups is 5. The van der Waals surface area contributed by atoms with Crippen LogP contribution in [0.2, 0.25) is 0 Å². The Balaban J connectivity index is 1.57. The summed E-state index contributed by atoms with van der Waals surface area (Å²) in [6.45, 7) is 9.73. The van der Waals surface area contributed by atoms with Crippen LogP contribution in [0.5, 0.6) is 0 Å². The molecule has 3 N–H and O–H groups in total. The Kier molecular flexibility index (Phi) is 9.76. The first kappa shape index (κ1) is 38.4. The van der Waals surface area contributed by atoms with Crippen molar-refractivity contribution in [2.75, 3.05) is 6.61 Å². The highest BCUT2D eigenvalue weighted by molar-refractivity contribution is 5.94. The third-order valence-electron chi connectivity index (χ3n) is 12.2. The van der Waals surface area contributed by atoms with Gasteiger partial charge in [-0.1, -0.05) is 39.0 Å². The minimum absolute atomic E-state index is 0.0156. The van der Waals surface area contributed by atoms with Gasteiger partial charge in [0.15, 0.2) is 17.5 Å². The summed E-state index contributed by atoms with van der Waals surface area (Å²) in [6, 6.07) is 11.1. The van der Waals surface area contributed by atoms with Gasteiger partial charge in [-0.2, -0.15) is 0 Å². The van der Waals surface area contributed by atoms with Crippen molar-refractivity contribution in [2.24, 2.45) is 16.7 Å². The third kappa shape index (κ3) is 5.90. The van der Waals surface area contributed by atoms with Crippen LogP contribution >= 0.6 is 0 Å². The van der Waals surface area contributed by atoms with Gasteiger partial charge in [-0.25, -0.2) is 9.59 Å². The Hall–Kier alpha value is -4.37. The van der Waals surface area contributed by atoms with E-state index in [4.69, 9.17) is 28.1 Å². The molecule has 3 fully saturated rings. The molecule has 53 heavy (non-hydrogen) atoms. The fraction of sp³-hybridized carbons (Fsp3) is 0.564. The summed E-state index contributed by atoms with van der Waals surface area (Å²) in [5.74, 6) is -6.34. The number of furan rings is 1. The van der Waals surface area contributed by atoms with E-state index in [1.54, 1.807) is 58.0 Å². The predicted molar refractivity (Wildman–Crippen MR) is 182 cm³/mol. The van der Waals surface area contributed by atoms with Crippen LogP contribution in [0.25, 0.3) is 0 Å². The Bertz CT molecular complexity index is 1820. The van der Waals surface area contributed by atoms with E-state index >= 15 is 4.79 Å². The summed E-state index contributed by atoms with van der Waals surface area (Å²) in [7, 11) is 0. The van der Waals surface area contributed by atoms with Gasteiger partial charge in [0.25, 0.3) is 0 Å². The van der Waals surface area contributed by atoms with Crippen LogP contribution in [-0.2, 0) is 42.9 Å². The fourth-order valence-electron chi connectivity index (χ4n) is 9.24. The lowest BCUT2D eigenvalue weighted by molar-refractivity contribution is -0.346. The van der Waals surface area contributed by atoms with Crippen LogP contribution in [0.1, 0.15) is 83.3 Å². The number of carbonyl (C=O) groups excluding carboxylic acids is 5. The van der Waals surface area contributed by atoms with E-state index in [0.29, 0.717) is 5.76 Å². The smallest absolute Gasteiger partial charge is 0.338 e. The summed E-state index contributed by atoms with van der Waals surface area (Å²) in [5, 5.41) is 36.6. The normalized spacial score (nSPS) is 35.5. The van der Waals surface area contributed by atoms with Gasteiger partial charge >= 0.3 is 23.9 Å². The number of aliphatic hydroxyl groups is 3.